The van der Waals surface area contributed by atoms with Gasteiger partial charge in [0.15, 0.2) is 5.72 Å². The Bertz CT molecular complexity index is 1620. The summed E-state index contributed by atoms with van der Waals surface area (Å²) in [5.74, 6) is -2.85. The molecule has 3 aromatic carbocycles. The highest BCUT2D eigenvalue weighted by Crippen LogP contribution is 2.43. The lowest BCUT2D eigenvalue weighted by atomic mass is 9.93. The number of alkyl halides is 3. The second kappa shape index (κ2) is 10.3. The number of benzene rings is 3. The van der Waals surface area contributed by atoms with Gasteiger partial charge in [-0.05, 0) is 30.7 Å². The van der Waals surface area contributed by atoms with Gasteiger partial charge in [0, 0.05) is 30.3 Å². The van der Waals surface area contributed by atoms with E-state index in [1.807, 2.05) is 31.2 Å². The first-order valence-corrected chi connectivity index (χ1v) is 11.7. The van der Waals surface area contributed by atoms with Gasteiger partial charge in [-0.3, -0.25) is 14.6 Å². The molecule has 10 nitrogen and oxygen atoms in total. The molecule has 40 heavy (non-hydrogen) atoms. The van der Waals surface area contributed by atoms with Gasteiger partial charge in [-0.25, -0.2) is 14.6 Å². The number of carboxylic acid groups (broad SMARTS) is 2. The third kappa shape index (κ3) is 5.18. The first-order chi connectivity index (χ1) is 18.7. The largest absolute Gasteiger partial charge is 0.490 e. The molecule has 1 unspecified atom stereocenters. The van der Waals surface area contributed by atoms with Gasteiger partial charge in [0.2, 0.25) is 5.95 Å². The van der Waals surface area contributed by atoms with Gasteiger partial charge < -0.3 is 20.3 Å². The van der Waals surface area contributed by atoms with Crippen LogP contribution in [0.2, 0.25) is 0 Å². The number of hydrogen-bond acceptors (Lipinski definition) is 5. The van der Waals surface area contributed by atoms with Gasteiger partial charge in [-0.1, -0.05) is 54.1 Å². The molecule has 0 aliphatic carbocycles. The lowest BCUT2D eigenvalue weighted by Crippen LogP contribution is -2.44. The van der Waals surface area contributed by atoms with Gasteiger partial charge in [0.05, 0.1) is 11.0 Å². The summed E-state index contributed by atoms with van der Waals surface area (Å²) in [5.41, 5.74) is 2.80. The molecular weight excluding hydrogens is 533 g/mol. The molecule has 1 aliphatic heterocycles. The van der Waals surface area contributed by atoms with Crippen molar-refractivity contribution in [3.05, 3.63) is 94.5 Å². The van der Waals surface area contributed by atoms with E-state index in [1.165, 1.54) is 11.9 Å². The second-order valence-corrected chi connectivity index (χ2v) is 9.03. The molecule has 0 saturated heterocycles. The highest BCUT2D eigenvalue weighted by atomic mass is 19.4. The number of H-pyrrole nitrogens is 1. The Morgan fingerprint density at radius 2 is 1.73 bits per heavy atom. The van der Waals surface area contributed by atoms with E-state index in [4.69, 9.17) is 9.90 Å². The second-order valence-electron chi connectivity index (χ2n) is 9.03. The number of rotatable bonds is 4. The zero-order chi connectivity index (χ0) is 29.4. The molecule has 0 saturated carbocycles. The van der Waals surface area contributed by atoms with Crippen LogP contribution in [-0.4, -0.2) is 61.4 Å². The van der Waals surface area contributed by atoms with E-state index in [1.54, 1.807) is 42.5 Å². The first kappa shape index (κ1) is 28.1. The SMILES string of the molecule is Cc1cccc(CN2C(=O)c3ccccc3C2(O)c2ccc3nc(N(C)C(=O)O)[nH]c3c2)c1.O=C(O)C(F)(F)F. The van der Waals surface area contributed by atoms with E-state index in [2.05, 4.69) is 9.97 Å². The number of hydrogen-bond donors (Lipinski definition) is 4. The van der Waals surface area contributed by atoms with Crippen LogP contribution < -0.4 is 4.90 Å². The van der Waals surface area contributed by atoms with Crippen LogP contribution in [0.5, 0.6) is 0 Å². The maximum absolute atomic E-state index is 13.4. The molecule has 13 heteroatoms. The average Bonchev–Trinajstić information content (AvgIpc) is 3.42. The molecule has 1 aromatic heterocycles. The van der Waals surface area contributed by atoms with Crippen molar-refractivity contribution in [2.24, 2.45) is 0 Å². The third-order valence-corrected chi connectivity index (χ3v) is 6.31. The van der Waals surface area contributed by atoms with Crippen LogP contribution in [0, 0.1) is 6.92 Å². The number of anilines is 1. The fraction of sp³-hybridized carbons (Fsp3) is 0.185. The molecule has 2 heterocycles. The number of halogens is 3. The maximum atomic E-state index is 13.4. The molecule has 0 bridgehead atoms. The molecule has 1 aliphatic rings. The number of aliphatic carboxylic acids is 1. The Kier molecular flexibility index (Phi) is 7.26. The Morgan fingerprint density at radius 3 is 2.35 bits per heavy atom. The van der Waals surface area contributed by atoms with Crippen molar-refractivity contribution in [3.8, 4) is 0 Å². The van der Waals surface area contributed by atoms with Crippen molar-refractivity contribution in [1.29, 1.82) is 0 Å². The summed E-state index contributed by atoms with van der Waals surface area (Å²) in [6.07, 6.45) is -6.23. The van der Waals surface area contributed by atoms with E-state index in [0.29, 0.717) is 27.7 Å². The normalized spacial score (nSPS) is 16.4. The zero-order valence-electron chi connectivity index (χ0n) is 21.1. The number of aromatic amines is 1. The Morgan fingerprint density at radius 1 is 1.05 bits per heavy atom. The van der Waals surface area contributed by atoms with Crippen LogP contribution >= 0.6 is 0 Å². The number of carbonyl (C=O) groups is 3. The zero-order valence-corrected chi connectivity index (χ0v) is 21.1. The van der Waals surface area contributed by atoms with E-state index in [-0.39, 0.29) is 18.4 Å². The summed E-state index contributed by atoms with van der Waals surface area (Å²) in [4.78, 5) is 43.3. The minimum atomic E-state index is -5.08. The van der Waals surface area contributed by atoms with E-state index >= 15 is 0 Å². The average molecular weight is 556 g/mol. The number of amides is 2. The summed E-state index contributed by atoms with van der Waals surface area (Å²) in [6.45, 7) is 2.20. The van der Waals surface area contributed by atoms with Crippen molar-refractivity contribution in [2.75, 3.05) is 11.9 Å². The van der Waals surface area contributed by atoms with Gasteiger partial charge >= 0.3 is 18.2 Å². The van der Waals surface area contributed by atoms with Crippen LogP contribution in [0.4, 0.5) is 23.9 Å². The van der Waals surface area contributed by atoms with Crippen LogP contribution in [0.15, 0.2) is 66.7 Å². The van der Waals surface area contributed by atoms with E-state index in [9.17, 15) is 33.0 Å². The fourth-order valence-corrected chi connectivity index (χ4v) is 4.36. The maximum Gasteiger partial charge on any atom is 0.490 e. The number of aryl methyl sites for hydroxylation is 1. The molecular formula is C27H23F3N4O6. The van der Waals surface area contributed by atoms with Crippen molar-refractivity contribution in [3.63, 3.8) is 0 Å². The number of fused-ring (bicyclic) bond motifs is 2. The molecule has 208 valence electrons. The number of nitrogens with zero attached hydrogens (tertiary/aromatic N) is 3. The molecule has 5 rings (SSSR count). The number of aliphatic hydroxyl groups is 1. The van der Waals surface area contributed by atoms with E-state index in [0.717, 1.165) is 16.0 Å². The summed E-state index contributed by atoms with van der Waals surface area (Å²) in [6, 6.07) is 20.0. The quantitative estimate of drug-likeness (QED) is 0.290. The predicted octanol–water partition coefficient (Wildman–Crippen LogP) is 4.47. The van der Waals surface area contributed by atoms with Crippen molar-refractivity contribution < 1.29 is 42.9 Å². The fourth-order valence-electron chi connectivity index (χ4n) is 4.36. The third-order valence-electron chi connectivity index (χ3n) is 6.31. The lowest BCUT2D eigenvalue weighted by molar-refractivity contribution is -0.192. The smallest absolute Gasteiger partial charge is 0.475 e. The Balaban J connectivity index is 0.000000470. The first-order valence-electron chi connectivity index (χ1n) is 11.7. The number of carboxylic acids is 1. The standard InChI is InChI=1S/C25H22N4O4.C2HF3O2/c1-15-6-5-7-16(12-15)14-29-22(30)18-8-3-4-9-19(18)25(29,33)17-10-11-20-21(13-17)27-23(26-20)28(2)24(31)32;3-2(4,5)1(6)7/h3-13,33H,14H2,1-2H3,(H,26,27)(H,31,32);(H,6,7). The van der Waals surface area contributed by atoms with Crippen LogP contribution in [0.3, 0.4) is 0 Å². The molecule has 2 amide bonds. The molecule has 4 N–H and O–H groups in total. The summed E-state index contributed by atoms with van der Waals surface area (Å²) in [7, 11) is 1.39. The number of nitrogens with one attached hydrogen (secondary N) is 1. The molecule has 0 fully saturated rings. The van der Waals surface area contributed by atoms with Gasteiger partial charge in [-0.15, -0.1) is 0 Å². The number of carbonyl (C=O) groups excluding carboxylic acids is 1. The lowest BCUT2D eigenvalue weighted by Gasteiger charge is -2.35. The molecule has 0 spiro atoms. The van der Waals surface area contributed by atoms with E-state index < -0.39 is 24.0 Å². The molecule has 0 radical (unpaired) electrons. The van der Waals surface area contributed by atoms with Crippen LogP contribution in [0.25, 0.3) is 11.0 Å². The van der Waals surface area contributed by atoms with Gasteiger partial charge in [0.1, 0.15) is 0 Å². The highest BCUT2D eigenvalue weighted by molar-refractivity contribution is 6.00. The van der Waals surface area contributed by atoms with Gasteiger partial charge in [-0.2, -0.15) is 13.2 Å². The van der Waals surface area contributed by atoms with Crippen molar-refractivity contribution in [1.82, 2.24) is 14.9 Å². The number of aromatic nitrogens is 2. The molecule has 4 aromatic rings. The molecule has 1 atom stereocenters. The minimum absolute atomic E-state index is 0.168. The van der Waals surface area contributed by atoms with Crippen molar-refractivity contribution in [2.45, 2.75) is 25.4 Å². The topological polar surface area (TPSA) is 147 Å². The summed E-state index contributed by atoms with van der Waals surface area (Å²) < 4.78 is 31.7. The monoisotopic (exact) mass is 556 g/mol. The highest BCUT2D eigenvalue weighted by Gasteiger charge is 2.49. The summed E-state index contributed by atoms with van der Waals surface area (Å²) in [5, 5.41) is 28.5. The predicted molar refractivity (Wildman–Crippen MR) is 137 cm³/mol. The van der Waals surface area contributed by atoms with Crippen molar-refractivity contribution >= 4 is 35.0 Å². The Labute approximate surface area is 224 Å². The summed E-state index contributed by atoms with van der Waals surface area (Å²) >= 11 is 0. The van der Waals surface area contributed by atoms with Crippen LogP contribution in [0.1, 0.15) is 32.6 Å². The Hall–Kier alpha value is -4.91. The minimum Gasteiger partial charge on any atom is -0.475 e. The van der Waals surface area contributed by atoms with Gasteiger partial charge in [0.25, 0.3) is 5.91 Å². The number of imidazole rings is 1. The van der Waals surface area contributed by atoms with Crippen LogP contribution in [-0.2, 0) is 17.1 Å².